The molecular weight excluding hydrogens is 365 g/mol. The maximum atomic E-state index is 12.7. The molecule has 1 saturated heterocycles. The van der Waals surface area contributed by atoms with E-state index in [0.717, 1.165) is 12.1 Å². The van der Waals surface area contributed by atoms with Gasteiger partial charge in [-0.05, 0) is 42.5 Å². The number of nitrogens with zero attached hydrogens (tertiary/aromatic N) is 2. The first-order valence-corrected chi connectivity index (χ1v) is 7.90. The molecule has 0 radical (unpaired) electrons. The van der Waals surface area contributed by atoms with Crippen LogP contribution in [0.4, 0.5) is 29.3 Å². The van der Waals surface area contributed by atoms with Crippen LogP contribution in [-0.4, -0.2) is 37.3 Å². The van der Waals surface area contributed by atoms with Crippen molar-refractivity contribution in [3.8, 4) is 5.75 Å². The van der Waals surface area contributed by atoms with E-state index in [1.54, 1.807) is 6.07 Å². The lowest BCUT2D eigenvalue weighted by Crippen LogP contribution is -2.31. The number of aromatic carboxylic acids is 1. The van der Waals surface area contributed by atoms with Crippen molar-refractivity contribution >= 4 is 23.4 Å². The topological polar surface area (TPSA) is 70.1 Å². The van der Waals surface area contributed by atoms with Crippen LogP contribution in [0.1, 0.15) is 15.9 Å². The van der Waals surface area contributed by atoms with Gasteiger partial charge < -0.3 is 9.84 Å². The third-order valence-corrected chi connectivity index (χ3v) is 4.24. The second kappa shape index (κ2) is 6.82. The molecule has 0 spiro atoms. The van der Waals surface area contributed by atoms with Crippen LogP contribution in [0.5, 0.6) is 5.75 Å². The molecule has 2 aromatic rings. The monoisotopic (exact) mass is 380 g/mol. The summed E-state index contributed by atoms with van der Waals surface area (Å²) in [6.07, 6.45) is -4.45. The van der Waals surface area contributed by atoms with Crippen molar-refractivity contribution in [1.82, 2.24) is 0 Å². The number of rotatable bonds is 4. The highest BCUT2D eigenvalue weighted by atomic mass is 19.4. The Bertz CT molecular complexity index is 881. The molecule has 0 atom stereocenters. The third kappa shape index (κ3) is 3.53. The number of urea groups is 1. The van der Waals surface area contributed by atoms with E-state index in [1.165, 1.54) is 41.2 Å². The average Bonchev–Trinajstić information content (AvgIpc) is 3.02. The number of benzene rings is 2. The van der Waals surface area contributed by atoms with Crippen LogP contribution >= 0.6 is 0 Å². The fourth-order valence-corrected chi connectivity index (χ4v) is 2.88. The summed E-state index contributed by atoms with van der Waals surface area (Å²) in [7, 11) is 1.34. The minimum Gasteiger partial charge on any atom is -0.496 e. The molecule has 0 bridgehead atoms. The van der Waals surface area contributed by atoms with E-state index in [0.29, 0.717) is 11.4 Å². The molecule has 2 aromatic carbocycles. The average molecular weight is 380 g/mol. The first-order chi connectivity index (χ1) is 12.7. The van der Waals surface area contributed by atoms with E-state index < -0.39 is 23.7 Å². The number of alkyl halides is 3. The lowest BCUT2D eigenvalue weighted by molar-refractivity contribution is -0.137. The van der Waals surface area contributed by atoms with Crippen molar-refractivity contribution < 1.29 is 32.6 Å². The van der Waals surface area contributed by atoms with Crippen molar-refractivity contribution in [2.24, 2.45) is 0 Å². The number of anilines is 2. The van der Waals surface area contributed by atoms with Gasteiger partial charge in [0.25, 0.3) is 0 Å². The van der Waals surface area contributed by atoms with E-state index in [1.807, 2.05) is 0 Å². The van der Waals surface area contributed by atoms with Gasteiger partial charge in [-0.2, -0.15) is 13.2 Å². The standard InChI is InChI=1S/C18H15F3N2O4/c1-27-15-7-6-13(10-14(15)16(24)25)23-9-8-22(17(23)26)12-4-2-11(3-5-12)18(19,20)21/h2-7,10H,8-9H2,1H3,(H,24,25). The fraction of sp³-hybridized carbons (Fsp3) is 0.222. The number of carboxylic acids is 1. The molecule has 1 heterocycles. The van der Waals surface area contributed by atoms with Gasteiger partial charge in [-0.15, -0.1) is 0 Å². The Morgan fingerprint density at radius 3 is 2.11 bits per heavy atom. The normalized spacial score (nSPS) is 14.6. The van der Waals surface area contributed by atoms with Crippen LogP contribution in [0.25, 0.3) is 0 Å². The fourth-order valence-electron chi connectivity index (χ4n) is 2.88. The Balaban J connectivity index is 1.85. The van der Waals surface area contributed by atoms with E-state index >= 15 is 0 Å². The lowest BCUT2D eigenvalue weighted by atomic mass is 10.1. The van der Waals surface area contributed by atoms with Crippen LogP contribution < -0.4 is 14.5 Å². The quantitative estimate of drug-likeness (QED) is 0.875. The van der Waals surface area contributed by atoms with Gasteiger partial charge in [0.1, 0.15) is 11.3 Å². The summed E-state index contributed by atoms with van der Waals surface area (Å²) in [6.45, 7) is 0.532. The Morgan fingerprint density at radius 2 is 1.59 bits per heavy atom. The molecule has 1 fully saturated rings. The van der Waals surface area contributed by atoms with Crippen molar-refractivity contribution in [3.05, 3.63) is 53.6 Å². The predicted octanol–water partition coefficient (Wildman–Crippen LogP) is 3.86. The summed E-state index contributed by atoms with van der Waals surface area (Å²) in [5.74, 6) is -1.03. The predicted molar refractivity (Wildman–Crippen MR) is 91.5 cm³/mol. The molecular formula is C18H15F3N2O4. The molecule has 2 amide bonds. The van der Waals surface area contributed by atoms with Gasteiger partial charge in [0.2, 0.25) is 0 Å². The summed E-state index contributed by atoms with van der Waals surface area (Å²) in [5.41, 5.74) is -0.179. The third-order valence-electron chi connectivity index (χ3n) is 4.24. The molecule has 0 aliphatic carbocycles. The van der Waals surface area contributed by atoms with Gasteiger partial charge in [0.05, 0.1) is 12.7 Å². The SMILES string of the molecule is COc1ccc(N2CCN(c3ccc(C(F)(F)F)cc3)C2=O)cc1C(=O)O. The van der Waals surface area contributed by atoms with Crippen molar-refractivity contribution in [3.63, 3.8) is 0 Å². The van der Waals surface area contributed by atoms with Crippen LogP contribution in [0.2, 0.25) is 0 Å². The zero-order chi connectivity index (χ0) is 19.8. The van der Waals surface area contributed by atoms with Gasteiger partial charge in [-0.25, -0.2) is 9.59 Å². The zero-order valence-corrected chi connectivity index (χ0v) is 14.2. The van der Waals surface area contributed by atoms with Gasteiger partial charge in [-0.3, -0.25) is 9.80 Å². The van der Waals surface area contributed by atoms with Gasteiger partial charge in [0.15, 0.2) is 0 Å². The maximum absolute atomic E-state index is 12.7. The number of halogens is 3. The van der Waals surface area contributed by atoms with E-state index in [-0.39, 0.29) is 24.4 Å². The van der Waals surface area contributed by atoms with Crippen molar-refractivity contribution in [2.45, 2.75) is 6.18 Å². The zero-order valence-electron chi connectivity index (χ0n) is 14.2. The van der Waals surface area contributed by atoms with Gasteiger partial charge >= 0.3 is 18.2 Å². The Hall–Kier alpha value is -3.23. The molecule has 27 heavy (non-hydrogen) atoms. The number of carbonyl (C=O) groups excluding carboxylic acids is 1. The molecule has 0 aromatic heterocycles. The Labute approximate surface area is 152 Å². The molecule has 142 valence electrons. The van der Waals surface area contributed by atoms with Crippen LogP contribution in [0.3, 0.4) is 0 Å². The molecule has 1 aliphatic heterocycles. The number of carboxylic acid groups (broad SMARTS) is 1. The Morgan fingerprint density at radius 1 is 1.04 bits per heavy atom. The second-order valence-corrected chi connectivity index (χ2v) is 5.82. The summed E-state index contributed by atoms with van der Waals surface area (Å²) in [6, 6.07) is 8.20. The highest BCUT2D eigenvalue weighted by Gasteiger charge is 2.33. The van der Waals surface area contributed by atoms with Crippen LogP contribution in [0, 0.1) is 0 Å². The molecule has 1 N–H and O–H groups in total. The molecule has 0 unspecified atom stereocenters. The summed E-state index contributed by atoms with van der Waals surface area (Å²) in [4.78, 5) is 26.7. The Kier molecular flexibility index (Phi) is 4.69. The van der Waals surface area contributed by atoms with Crippen molar-refractivity contribution in [1.29, 1.82) is 0 Å². The summed E-state index contributed by atoms with van der Waals surface area (Å²) >= 11 is 0. The number of hydrogen-bond acceptors (Lipinski definition) is 3. The minimum absolute atomic E-state index is 0.0872. The van der Waals surface area contributed by atoms with Crippen molar-refractivity contribution in [2.75, 3.05) is 30.0 Å². The van der Waals surface area contributed by atoms with Crippen LogP contribution in [-0.2, 0) is 6.18 Å². The molecule has 1 aliphatic rings. The number of methoxy groups -OCH3 is 1. The highest BCUT2D eigenvalue weighted by molar-refractivity contribution is 6.06. The van der Waals surface area contributed by atoms with Crippen LogP contribution in [0.15, 0.2) is 42.5 Å². The smallest absolute Gasteiger partial charge is 0.416 e. The maximum Gasteiger partial charge on any atom is 0.416 e. The molecule has 3 rings (SSSR count). The first-order valence-electron chi connectivity index (χ1n) is 7.90. The summed E-state index contributed by atoms with van der Waals surface area (Å²) < 4.78 is 43.0. The number of ether oxygens (including phenoxy) is 1. The molecule has 0 saturated carbocycles. The largest absolute Gasteiger partial charge is 0.496 e. The van der Waals surface area contributed by atoms with Gasteiger partial charge in [-0.1, -0.05) is 0 Å². The molecule has 9 heteroatoms. The summed E-state index contributed by atoms with van der Waals surface area (Å²) in [5, 5.41) is 9.27. The first kappa shape index (κ1) is 18.6. The molecule has 6 nitrogen and oxygen atoms in total. The lowest BCUT2D eigenvalue weighted by Gasteiger charge is -2.20. The highest BCUT2D eigenvalue weighted by Crippen LogP contribution is 2.32. The van der Waals surface area contributed by atoms with E-state index in [9.17, 15) is 27.9 Å². The van der Waals surface area contributed by atoms with E-state index in [4.69, 9.17) is 4.74 Å². The number of amides is 2. The minimum atomic E-state index is -4.45. The number of hydrogen-bond donors (Lipinski definition) is 1. The van der Waals surface area contributed by atoms with Gasteiger partial charge in [0, 0.05) is 24.5 Å². The van der Waals surface area contributed by atoms with E-state index in [2.05, 4.69) is 0 Å². The second-order valence-electron chi connectivity index (χ2n) is 5.82. The number of carbonyl (C=O) groups is 2.